The maximum atomic E-state index is 13.5. The Morgan fingerprint density at radius 1 is 1.33 bits per heavy atom. The highest BCUT2D eigenvalue weighted by Gasteiger charge is 2.25. The fourth-order valence-electron chi connectivity index (χ4n) is 2.15. The van der Waals surface area contributed by atoms with Crippen LogP contribution in [-0.4, -0.2) is 41.4 Å². The van der Waals surface area contributed by atoms with E-state index in [1.807, 2.05) is 4.90 Å². The van der Waals surface area contributed by atoms with E-state index in [0.717, 1.165) is 6.54 Å². The number of aliphatic hydroxyl groups is 2. The number of nitrogens with zero attached hydrogens (tertiary/aromatic N) is 1. The van der Waals surface area contributed by atoms with E-state index in [0.29, 0.717) is 24.6 Å². The van der Waals surface area contributed by atoms with Crippen molar-refractivity contribution in [1.29, 1.82) is 0 Å². The number of hydrogen-bond donors (Lipinski definition) is 2. The Morgan fingerprint density at radius 3 is 2.67 bits per heavy atom. The topological polar surface area (TPSA) is 43.7 Å². The van der Waals surface area contributed by atoms with Gasteiger partial charge in [0.05, 0.1) is 12.7 Å². The number of hydrogen-bond acceptors (Lipinski definition) is 3. The van der Waals surface area contributed by atoms with Gasteiger partial charge in [-0.2, -0.15) is 0 Å². The van der Waals surface area contributed by atoms with E-state index in [1.54, 1.807) is 18.2 Å². The fourth-order valence-corrected chi connectivity index (χ4v) is 2.15. The Kier molecular flexibility index (Phi) is 4.69. The first kappa shape index (κ1) is 13.5. The zero-order valence-corrected chi connectivity index (χ0v) is 10.4. The third-order valence-corrected chi connectivity index (χ3v) is 3.32. The van der Waals surface area contributed by atoms with E-state index in [4.69, 9.17) is 5.11 Å². The maximum Gasteiger partial charge on any atom is 0.129 e. The average Bonchev–Trinajstić information content (AvgIpc) is 3.13. The van der Waals surface area contributed by atoms with Crippen LogP contribution in [0.1, 0.15) is 24.5 Å². The molecule has 18 heavy (non-hydrogen) atoms. The minimum Gasteiger partial charge on any atom is -0.395 e. The van der Waals surface area contributed by atoms with Crippen molar-refractivity contribution in [3.63, 3.8) is 0 Å². The number of halogens is 1. The van der Waals surface area contributed by atoms with Crippen molar-refractivity contribution in [3.05, 3.63) is 35.6 Å². The Bertz CT molecular complexity index is 382. The summed E-state index contributed by atoms with van der Waals surface area (Å²) in [6.45, 7) is 1.85. The van der Waals surface area contributed by atoms with Crippen LogP contribution in [0.2, 0.25) is 0 Å². The van der Waals surface area contributed by atoms with E-state index in [9.17, 15) is 9.50 Å². The first-order chi connectivity index (χ1) is 8.70. The van der Waals surface area contributed by atoms with Crippen LogP contribution in [0, 0.1) is 11.7 Å². The predicted octanol–water partition coefficient (Wildman–Crippen LogP) is 1.56. The van der Waals surface area contributed by atoms with Gasteiger partial charge in [-0.3, -0.25) is 4.90 Å². The summed E-state index contributed by atoms with van der Waals surface area (Å²) in [7, 11) is 0. The quantitative estimate of drug-likeness (QED) is 0.775. The molecule has 0 amide bonds. The second kappa shape index (κ2) is 6.27. The van der Waals surface area contributed by atoms with Gasteiger partial charge >= 0.3 is 0 Å². The summed E-state index contributed by atoms with van der Waals surface area (Å²) in [5.74, 6) is 0.310. The van der Waals surface area contributed by atoms with Gasteiger partial charge in [-0.15, -0.1) is 0 Å². The zero-order chi connectivity index (χ0) is 13.0. The van der Waals surface area contributed by atoms with Crippen molar-refractivity contribution in [2.75, 3.05) is 26.2 Å². The number of rotatable bonds is 7. The van der Waals surface area contributed by atoms with Gasteiger partial charge in [-0.1, -0.05) is 18.2 Å². The molecule has 0 saturated heterocycles. The molecule has 2 rings (SSSR count). The highest BCUT2D eigenvalue weighted by molar-refractivity contribution is 5.20. The van der Waals surface area contributed by atoms with E-state index in [-0.39, 0.29) is 12.4 Å². The first-order valence-electron chi connectivity index (χ1n) is 6.46. The van der Waals surface area contributed by atoms with Crippen LogP contribution < -0.4 is 0 Å². The summed E-state index contributed by atoms with van der Waals surface area (Å²) in [6, 6.07) is 6.30. The lowest BCUT2D eigenvalue weighted by molar-refractivity contribution is 0.0946. The second-order valence-electron chi connectivity index (χ2n) is 4.96. The molecule has 4 heteroatoms. The third kappa shape index (κ3) is 3.77. The Labute approximate surface area is 107 Å². The summed E-state index contributed by atoms with van der Waals surface area (Å²) < 4.78 is 13.5. The zero-order valence-electron chi connectivity index (χ0n) is 10.4. The molecule has 100 valence electrons. The first-order valence-corrected chi connectivity index (χ1v) is 6.46. The summed E-state index contributed by atoms with van der Waals surface area (Å²) >= 11 is 0. The lowest BCUT2D eigenvalue weighted by atomic mass is 10.1. The standard InChI is InChI=1S/C14H20FNO2/c15-13-4-2-1-3-12(13)14(18)10-16(7-8-17)9-11-5-6-11/h1-4,11,14,17-18H,5-10H2/t14-/m0/s1. The normalized spacial score (nSPS) is 17.1. The molecule has 1 aromatic rings. The number of aliphatic hydroxyl groups excluding tert-OH is 2. The molecule has 1 fully saturated rings. The molecular weight excluding hydrogens is 233 g/mol. The van der Waals surface area contributed by atoms with Crippen molar-refractivity contribution in [3.8, 4) is 0 Å². The molecule has 0 spiro atoms. The molecule has 0 aromatic heterocycles. The summed E-state index contributed by atoms with van der Waals surface area (Å²) in [6.07, 6.45) is 1.60. The highest BCUT2D eigenvalue weighted by Crippen LogP contribution is 2.30. The molecule has 1 atom stereocenters. The summed E-state index contributed by atoms with van der Waals surface area (Å²) in [5, 5.41) is 19.1. The van der Waals surface area contributed by atoms with Crippen LogP contribution in [0.5, 0.6) is 0 Å². The summed E-state index contributed by atoms with van der Waals surface area (Å²) in [4.78, 5) is 2.01. The Balaban J connectivity index is 1.94. The Hall–Kier alpha value is -0.970. The van der Waals surface area contributed by atoms with E-state index in [1.165, 1.54) is 18.9 Å². The monoisotopic (exact) mass is 253 g/mol. The molecule has 1 aromatic carbocycles. The van der Waals surface area contributed by atoms with E-state index >= 15 is 0 Å². The molecule has 0 radical (unpaired) electrons. The number of benzene rings is 1. The van der Waals surface area contributed by atoms with E-state index in [2.05, 4.69) is 0 Å². The molecule has 1 saturated carbocycles. The second-order valence-corrected chi connectivity index (χ2v) is 4.96. The summed E-state index contributed by atoms with van der Waals surface area (Å²) in [5.41, 5.74) is 0.330. The van der Waals surface area contributed by atoms with Gasteiger partial charge in [0.25, 0.3) is 0 Å². The lowest BCUT2D eigenvalue weighted by Crippen LogP contribution is -2.33. The van der Waals surface area contributed by atoms with Crippen molar-refractivity contribution in [2.45, 2.75) is 18.9 Å². The molecule has 2 N–H and O–H groups in total. The van der Waals surface area contributed by atoms with Crippen LogP contribution >= 0.6 is 0 Å². The fraction of sp³-hybridized carbons (Fsp3) is 0.571. The molecule has 0 unspecified atom stereocenters. The maximum absolute atomic E-state index is 13.5. The van der Waals surface area contributed by atoms with Gasteiger partial charge < -0.3 is 10.2 Å². The molecule has 1 aliphatic rings. The third-order valence-electron chi connectivity index (χ3n) is 3.32. The van der Waals surface area contributed by atoms with Crippen LogP contribution in [-0.2, 0) is 0 Å². The minimum absolute atomic E-state index is 0.0662. The molecular formula is C14H20FNO2. The van der Waals surface area contributed by atoms with Crippen molar-refractivity contribution >= 4 is 0 Å². The molecule has 3 nitrogen and oxygen atoms in total. The van der Waals surface area contributed by atoms with Crippen molar-refractivity contribution in [1.82, 2.24) is 4.90 Å². The van der Waals surface area contributed by atoms with Crippen LogP contribution in [0.15, 0.2) is 24.3 Å². The minimum atomic E-state index is -0.837. The van der Waals surface area contributed by atoms with Crippen LogP contribution in [0.3, 0.4) is 0 Å². The molecule has 0 aliphatic heterocycles. The van der Waals surface area contributed by atoms with E-state index < -0.39 is 6.10 Å². The smallest absolute Gasteiger partial charge is 0.129 e. The largest absolute Gasteiger partial charge is 0.395 e. The van der Waals surface area contributed by atoms with Crippen molar-refractivity contribution in [2.24, 2.45) is 5.92 Å². The molecule has 0 heterocycles. The van der Waals surface area contributed by atoms with Crippen LogP contribution in [0.25, 0.3) is 0 Å². The van der Waals surface area contributed by atoms with Gasteiger partial charge in [0.15, 0.2) is 0 Å². The van der Waals surface area contributed by atoms with Gasteiger partial charge in [0, 0.05) is 25.2 Å². The van der Waals surface area contributed by atoms with Gasteiger partial charge in [-0.05, 0) is 24.8 Å². The highest BCUT2D eigenvalue weighted by atomic mass is 19.1. The van der Waals surface area contributed by atoms with Crippen molar-refractivity contribution < 1.29 is 14.6 Å². The SMILES string of the molecule is OCCN(CC1CC1)C[C@H](O)c1ccccc1F. The van der Waals surface area contributed by atoms with Gasteiger partial charge in [0.2, 0.25) is 0 Å². The lowest BCUT2D eigenvalue weighted by Gasteiger charge is -2.24. The molecule has 0 bridgehead atoms. The molecule has 1 aliphatic carbocycles. The predicted molar refractivity (Wildman–Crippen MR) is 67.6 cm³/mol. The Morgan fingerprint density at radius 2 is 2.06 bits per heavy atom. The van der Waals surface area contributed by atoms with Crippen LogP contribution in [0.4, 0.5) is 4.39 Å². The average molecular weight is 253 g/mol. The van der Waals surface area contributed by atoms with Gasteiger partial charge in [-0.25, -0.2) is 4.39 Å². The van der Waals surface area contributed by atoms with Gasteiger partial charge in [0.1, 0.15) is 5.82 Å².